The summed E-state index contributed by atoms with van der Waals surface area (Å²) in [6, 6.07) is 4.36. The molecule has 0 spiro atoms. The molecule has 2 aromatic rings. The van der Waals surface area contributed by atoms with Gasteiger partial charge in [0.2, 0.25) is 0 Å². The predicted molar refractivity (Wildman–Crippen MR) is 85.3 cm³/mol. The Balaban J connectivity index is 1.27. The van der Waals surface area contributed by atoms with Gasteiger partial charge in [0.05, 0.1) is 5.69 Å². The highest BCUT2D eigenvalue weighted by Gasteiger charge is 2.33. The summed E-state index contributed by atoms with van der Waals surface area (Å²) in [4.78, 5) is 2.16. The number of anilines is 2. The van der Waals surface area contributed by atoms with Crippen molar-refractivity contribution in [2.45, 2.75) is 25.4 Å². The quantitative estimate of drug-likeness (QED) is 0.913. The number of aromatic nitrogens is 4. The van der Waals surface area contributed by atoms with Gasteiger partial charge in [-0.05, 0) is 43.0 Å². The Morgan fingerprint density at radius 1 is 1.08 bits per heavy atom. The summed E-state index contributed by atoms with van der Waals surface area (Å²) >= 11 is 0. The molecule has 25 heavy (non-hydrogen) atoms. The number of fused-ring (bicyclic) bond motifs is 1. The predicted octanol–water partition coefficient (Wildman–Crippen LogP) is 2.32. The van der Waals surface area contributed by atoms with Crippen molar-refractivity contribution in [3.8, 4) is 0 Å². The van der Waals surface area contributed by atoms with E-state index >= 15 is 0 Å². The molecule has 1 aliphatic carbocycles. The Bertz CT molecular complexity index is 755. The molecule has 1 aliphatic heterocycles. The summed E-state index contributed by atoms with van der Waals surface area (Å²) in [5.74, 6) is 1.65. The minimum atomic E-state index is -4.46. The number of nitrogens with one attached hydrogen (secondary N) is 1. The molecule has 0 radical (unpaired) electrons. The molecule has 0 bridgehead atoms. The van der Waals surface area contributed by atoms with Crippen LogP contribution in [0.25, 0.3) is 0 Å². The Hall–Kier alpha value is -2.45. The Labute approximate surface area is 142 Å². The first-order valence-electron chi connectivity index (χ1n) is 8.24. The third-order valence-corrected chi connectivity index (χ3v) is 4.61. The first-order valence-corrected chi connectivity index (χ1v) is 8.24. The number of nitrogens with zero attached hydrogens (tertiary/aromatic N) is 5. The van der Waals surface area contributed by atoms with Crippen LogP contribution in [-0.4, -0.2) is 40.0 Å². The molecule has 0 unspecified atom stereocenters. The van der Waals surface area contributed by atoms with Crippen molar-refractivity contribution in [1.29, 1.82) is 0 Å². The molecule has 6 nitrogen and oxygen atoms in total. The highest BCUT2D eigenvalue weighted by molar-refractivity contribution is 5.45. The smallest absolute Gasteiger partial charge is 0.368 e. The van der Waals surface area contributed by atoms with Crippen LogP contribution < -0.4 is 10.2 Å². The van der Waals surface area contributed by atoms with E-state index in [1.807, 2.05) is 0 Å². The maximum absolute atomic E-state index is 12.4. The molecule has 0 aromatic carbocycles. The second-order valence-corrected chi connectivity index (χ2v) is 6.48. The van der Waals surface area contributed by atoms with E-state index in [9.17, 15) is 13.2 Å². The van der Waals surface area contributed by atoms with Crippen LogP contribution in [-0.2, 0) is 19.0 Å². The number of aryl methyl sites for hydroxylation is 2. The summed E-state index contributed by atoms with van der Waals surface area (Å²) in [5.41, 5.74) is 1.43. The molecule has 0 amide bonds. The van der Waals surface area contributed by atoms with Crippen LogP contribution in [0.1, 0.15) is 23.4 Å². The van der Waals surface area contributed by atoms with Crippen molar-refractivity contribution >= 4 is 11.6 Å². The number of hydrogen-bond acceptors (Lipinski definition) is 6. The van der Waals surface area contributed by atoms with E-state index in [0.29, 0.717) is 18.3 Å². The molecule has 3 heterocycles. The van der Waals surface area contributed by atoms with Gasteiger partial charge >= 0.3 is 6.18 Å². The maximum Gasteiger partial charge on any atom is 0.435 e. The normalized spacial score (nSPS) is 17.3. The van der Waals surface area contributed by atoms with Crippen molar-refractivity contribution in [1.82, 2.24) is 20.4 Å². The Morgan fingerprint density at radius 3 is 2.64 bits per heavy atom. The minimum Gasteiger partial charge on any atom is -0.368 e. The van der Waals surface area contributed by atoms with Gasteiger partial charge in [-0.2, -0.15) is 18.3 Å². The van der Waals surface area contributed by atoms with Gasteiger partial charge in [-0.15, -0.1) is 15.3 Å². The van der Waals surface area contributed by atoms with Crippen LogP contribution in [0.3, 0.4) is 0 Å². The summed E-state index contributed by atoms with van der Waals surface area (Å²) < 4.78 is 37.3. The van der Waals surface area contributed by atoms with Gasteiger partial charge in [0.15, 0.2) is 11.5 Å². The summed E-state index contributed by atoms with van der Waals surface area (Å²) in [6.45, 7) is 2.32. The molecule has 2 aliphatic rings. The van der Waals surface area contributed by atoms with E-state index in [1.165, 1.54) is 11.6 Å². The lowest BCUT2D eigenvalue weighted by atomic mass is 10.00. The van der Waals surface area contributed by atoms with Crippen LogP contribution in [0, 0.1) is 5.92 Å². The lowest BCUT2D eigenvalue weighted by Gasteiger charge is -2.40. The summed E-state index contributed by atoms with van der Waals surface area (Å²) in [7, 11) is 0. The fourth-order valence-corrected chi connectivity index (χ4v) is 3.18. The molecule has 9 heteroatoms. The Morgan fingerprint density at radius 2 is 1.92 bits per heavy atom. The monoisotopic (exact) mass is 350 g/mol. The molecular weight excluding hydrogens is 333 g/mol. The molecule has 0 atom stereocenters. The molecule has 2 aromatic heterocycles. The molecule has 1 N–H and O–H groups in total. The SMILES string of the molecule is FC(F)(F)c1ccc(NCC2CN(c3cc4c(nn3)CCC4)C2)nn1. The van der Waals surface area contributed by atoms with Crippen molar-refractivity contribution in [3.05, 3.63) is 35.2 Å². The second kappa shape index (κ2) is 6.12. The lowest BCUT2D eigenvalue weighted by molar-refractivity contribution is -0.141. The van der Waals surface area contributed by atoms with Crippen LogP contribution in [0.2, 0.25) is 0 Å². The average Bonchev–Trinajstić information content (AvgIpc) is 3.00. The first-order chi connectivity index (χ1) is 12.0. The molecular formula is C16H17F3N6. The van der Waals surface area contributed by atoms with Crippen LogP contribution >= 0.6 is 0 Å². The van der Waals surface area contributed by atoms with Crippen LogP contribution in [0.15, 0.2) is 18.2 Å². The van der Waals surface area contributed by atoms with Crippen molar-refractivity contribution in [2.75, 3.05) is 29.9 Å². The van der Waals surface area contributed by atoms with Gasteiger partial charge in [-0.3, -0.25) is 0 Å². The van der Waals surface area contributed by atoms with E-state index in [2.05, 4.69) is 36.7 Å². The molecule has 132 valence electrons. The van der Waals surface area contributed by atoms with E-state index in [1.54, 1.807) is 0 Å². The zero-order chi connectivity index (χ0) is 17.4. The van der Waals surface area contributed by atoms with Crippen LogP contribution in [0.5, 0.6) is 0 Å². The highest BCUT2D eigenvalue weighted by atomic mass is 19.4. The van der Waals surface area contributed by atoms with Gasteiger partial charge < -0.3 is 10.2 Å². The second-order valence-electron chi connectivity index (χ2n) is 6.48. The van der Waals surface area contributed by atoms with Crippen molar-refractivity contribution in [3.63, 3.8) is 0 Å². The van der Waals surface area contributed by atoms with Gasteiger partial charge in [0.25, 0.3) is 0 Å². The van der Waals surface area contributed by atoms with Gasteiger partial charge in [0, 0.05) is 25.6 Å². The minimum absolute atomic E-state index is 0.351. The molecule has 0 saturated carbocycles. The van der Waals surface area contributed by atoms with E-state index in [4.69, 9.17) is 0 Å². The lowest BCUT2D eigenvalue weighted by Crippen LogP contribution is -2.50. The first kappa shape index (κ1) is 16.0. The standard InChI is InChI=1S/C16H17F3N6/c17-16(18,19)13-4-5-14(23-22-13)20-7-10-8-25(9-10)15-6-11-2-1-3-12(11)21-24-15/h4-6,10H,1-3,7-9H2,(H,20,23). The summed E-state index contributed by atoms with van der Waals surface area (Å²) in [5, 5.41) is 18.4. The number of hydrogen-bond donors (Lipinski definition) is 1. The van der Waals surface area contributed by atoms with E-state index < -0.39 is 11.9 Å². The number of rotatable bonds is 4. The topological polar surface area (TPSA) is 66.8 Å². The van der Waals surface area contributed by atoms with Crippen molar-refractivity contribution < 1.29 is 13.2 Å². The number of halogens is 3. The largest absolute Gasteiger partial charge is 0.435 e. The summed E-state index contributed by atoms with van der Waals surface area (Å²) in [6.07, 6.45) is -1.22. The van der Waals surface area contributed by atoms with Gasteiger partial charge in [-0.25, -0.2) is 0 Å². The molecule has 4 rings (SSSR count). The van der Waals surface area contributed by atoms with E-state index in [-0.39, 0.29) is 0 Å². The Kier molecular flexibility index (Phi) is 3.93. The number of alkyl halides is 3. The van der Waals surface area contributed by atoms with Gasteiger partial charge in [-0.1, -0.05) is 0 Å². The van der Waals surface area contributed by atoms with E-state index in [0.717, 1.165) is 49.9 Å². The average molecular weight is 350 g/mol. The fourth-order valence-electron chi connectivity index (χ4n) is 3.18. The van der Waals surface area contributed by atoms with Crippen molar-refractivity contribution in [2.24, 2.45) is 5.92 Å². The maximum atomic E-state index is 12.4. The zero-order valence-electron chi connectivity index (χ0n) is 13.4. The van der Waals surface area contributed by atoms with Crippen LogP contribution in [0.4, 0.5) is 24.8 Å². The zero-order valence-corrected chi connectivity index (χ0v) is 13.4. The molecule has 1 fully saturated rings. The highest BCUT2D eigenvalue weighted by Crippen LogP contribution is 2.28. The third kappa shape index (κ3) is 3.35. The fraction of sp³-hybridized carbons (Fsp3) is 0.500. The molecule has 1 saturated heterocycles. The third-order valence-electron chi connectivity index (χ3n) is 4.61. The van der Waals surface area contributed by atoms with Gasteiger partial charge in [0.1, 0.15) is 5.82 Å².